The third-order valence-electron chi connectivity index (χ3n) is 2.01. The molecule has 0 aliphatic rings. The molecule has 1 heterocycles. The summed E-state index contributed by atoms with van der Waals surface area (Å²) in [5, 5.41) is 9.56. The quantitative estimate of drug-likeness (QED) is 0.868. The molecule has 0 saturated carbocycles. The fourth-order valence-corrected chi connectivity index (χ4v) is 1.54. The minimum absolute atomic E-state index is 0.110. The van der Waals surface area contributed by atoms with E-state index in [2.05, 4.69) is 9.97 Å². The summed E-state index contributed by atoms with van der Waals surface area (Å²) in [6, 6.07) is 5.01. The average Bonchev–Trinajstić information content (AvgIpc) is 2.71. The van der Waals surface area contributed by atoms with Crippen molar-refractivity contribution in [1.29, 1.82) is 0 Å². The summed E-state index contributed by atoms with van der Waals surface area (Å²) in [4.78, 5) is 17.0. The maximum Gasteiger partial charge on any atom is 0.371 e. The molecule has 0 radical (unpaired) electrons. The highest BCUT2D eigenvalue weighted by Crippen LogP contribution is 2.27. The summed E-state index contributed by atoms with van der Waals surface area (Å²) in [6.45, 7) is 0. The van der Waals surface area contributed by atoms with Crippen molar-refractivity contribution in [1.82, 2.24) is 9.97 Å². The number of benzene rings is 1. The summed E-state index contributed by atoms with van der Waals surface area (Å²) in [5.41, 5.74) is 1.31. The Hall–Kier alpha value is -1.52. The lowest BCUT2D eigenvalue weighted by atomic mass is 10.2. The van der Waals surface area contributed by atoms with Gasteiger partial charge in [0, 0.05) is 5.56 Å². The Morgan fingerprint density at radius 1 is 1.31 bits per heavy atom. The van der Waals surface area contributed by atoms with Crippen molar-refractivity contribution in [3.8, 4) is 11.3 Å². The number of hydrogen-bond donors (Lipinski definition) is 2. The number of halogens is 2. The van der Waals surface area contributed by atoms with Gasteiger partial charge >= 0.3 is 5.97 Å². The normalized spacial score (nSPS) is 10.4. The van der Waals surface area contributed by atoms with Gasteiger partial charge in [0.15, 0.2) is 0 Å². The van der Waals surface area contributed by atoms with Crippen molar-refractivity contribution >= 4 is 29.2 Å². The van der Waals surface area contributed by atoms with Crippen LogP contribution in [-0.2, 0) is 0 Å². The van der Waals surface area contributed by atoms with Crippen LogP contribution in [0.4, 0.5) is 0 Å². The van der Waals surface area contributed by atoms with Gasteiger partial charge < -0.3 is 10.1 Å². The smallest absolute Gasteiger partial charge is 0.371 e. The molecule has 0 aliphatic heterocycles. The van der Waals surface area contributed by atoms with Crippen LogP contribution in [-0.4, -0.2) is 21.0 Å². The van der Waals surface area contributed by atoms with E-state index in [9.17, 15) is 4.79 Å². The molecule has 4 nitrogen and oxygen atoms in total. The van der Waals surface area contributed by atoms with E-state index < -0.39 is 5.97 Å². The Labute approximate surface area is 101 Å². The Morgan fingerprint density at radius 3 is 2.62 bits per heavy atom. The summed E-state index contributed by atoms with van der Waals surface area (Å²) in [5.74, 6) is -1.22. The second-order valence-corrected chi connectivity index (χ2v) is 3.89. The molecule has 16 heavy (non-hydrogen) atoms. The van der Waals surface area contributed by atoms with Crippen LogP contribution >= 0.6 is 23.2 Å². The molecule has 0 aliphatic carbocycles. The lowest BCUT2D eigenvalue weighted by molar-refractivity contribution is 0.0685. The zero-order valence-corrected chi connectivity index (χ0v) is 9.38. The fourth-order valence-electron chi connectivity index (χ4n) is 1.24. The van der Waals surface area contributed by atoms with Gasteiger partial charge in [-0.2, -0.15) is 0 Å². The van der Waals surface area contributed by atoms with Gasteiger partial charge in [0.2, 0.25) is 5.82 Å². The predicted octanol–water partition coefficient (Wildman–Crippen LogP) is 3.08. The van der Waals surface area contributed by atoms with Gasteiger partial charge in [-0.05, 0) is 12.1 Å². The van der Waals surface area contributed by atoms with E-state index in [1.54, 1.807) is 18.2 Å². The van der Waals surface area contributed by atoms with Crippen LogP contribution in [0, 0.1) is 0 Å². The zero-order chi connectivity index (χ0) is 11.7. The van der Waals surface area contributed by atoms with Crippen LogP contribution in [0.1, 0.15) is 10.6 Å². The van der Waals surface area contributed by atoms with Crippen LogP contribution in [0.2, 0.25) is 10.0 Å². The van der Waals surface area contributed by atoms with E-state index >= 15 is 0 Å². The van der Waals surface area contributed by atoms with Crippen molar-refractivity contribution < 1.29 is 9.90 Å². The number of imidazole rings is 1. The Bertz CT molecular complexity index is 552. The minimum Gasteiger partial charge on any atom is -0.475 e. The molecule has 6 heteroatoms. The van der Waals surface area contributed by atoms with E-state index in [1.165, 1.54) is 6.20 Å². The highest BCUT2D eigenvalue weighted by atomic mass is 35.5. The van der Waals surface area contributed by atoms with Crippen molar-refractivity contribution in [2.45, 2.75) is 0 Å². The molecule has 0 amide bonds. The molecule has 0 atom stereocenters. The van der Waals surface area contributed by atoms with Gasteiger partial charge in [-0.3, -0.25) is 0 Å². The SMILES string of the molecule is O=C(O)c1ncc(-c2ccc(Cl)c(Cl)c2)[nH]1. The number of aromatic nitrogens is 2. The van der Waals surface area contributed by atoms with Crippen LogP contribution in [0.3, 0.4) is 0 Å². The van der Waals surface area contributed by atoms with Gasteiger partial charge in [0.25, 0.3) is 0 Å². The van der Waals surface area contributed by atoms with Crippen LogP contribution in [0.5, 0.6) is 0 Å². The molecule has 0 fully saturated rings. The molecule has 0 spiro atoms. The number of carboxylic acid groups (broad SMARTS) is 1. The maximum absolute atomic E-state index is 10.6. The number of aromatic carboxylic acids is 1. The van der Waals surface area contributed by atoms with Crippen LogP contribution in [0.25, 0.3) is 11.3 Å². The predicted molar refractivity (Wildman–Crippen MR) is 61.0 cm³/mol. The number of nitrogens with one attached hydrogen (secondary N) is 1. The molecule has 1 aromatic heterocycles. The third kappa shape index (κ3) is 2.03. The van der Waals surface area contributed by atoms with E-state index in [4.69, 9.17) is 28.3 Å². The second kappa shape index (κ2) is 4.15. The number of aromatic amines is 1. The molecular weight excluding hydrogens is 251 g/mol. The lowest BCUT2D eigenvalue weighted by Crippen LogP contribution is -1.98. The first-order valence-corrected chi connectivity index (χ1v) is 5.07. The monoisotopic (exact) mass is 256 g/mol. The molecular formula is C10H6Cl2N2O2. The third-order valence-corrected chi connectivity index (χ3v) is 2.75. The van der Waals surface area contributed by atoms with Crippen molar-refractivity contribution in [2.75, 3.05) is 0 Å². The van der Waals surface area contributed by atoms with Gasteiger partial charge in [-0.15, -0.1) is 0 Å². The lowest BCUT2D eigenvalue weighted by Gasteiger charge is -1.99. The highest BCUT2D eigenvalue weighted by molar-refractivity contribution is 6.42. The molecule has 2 aromatic rings. The number of nitrogens with zero attached hydrogens (tertiary/aromatic N) is 1. The van der Waals surface area contributed by atoms with Crippen LogP contribution in [0.15, 0.2) is 24.4 Å². The second-order valence-electron chi connectivity index (χ2n) is 3.08. The van der Waals surface area contributed by atoms with Gasteiger partial charge in [0.05, 0.1) is 21.9 Å². The number of rotatable bonds is 2. The van der Waals surface area contributed by atoms with Crippen LogP contribution < -0.4 is 0 Å². The Morgan fingerprint density at radius 2 is 2.06 bits per heavy atom. The van der Waals surface area contributed by atoms with Crippen molar-refractivity contribution in [3.63, 3.8) is 0 Å². The number of carboxylic acids is 1. The maximum atomic E-state index is 10.6. The molecule has 0 bridgehead atoms. The summed E-state index contributed by atoms with van der Waals surface area (Å²) >= 11 is 11.6. The molecule has 2 N–H and O–H groups in total. The van der Waals surface area contributed by atoms with E-state index in [0.717, 1.165) is 5.56 Å². The van der Waals surface area contributed by atoms with E-state index in [0.29, 0.717) is 15.7 Å². The van der Waals surface area contributed by atoms with Crippen molar-refractivity contribution in [3.05, 3.63) is 40.3 Å². The fraction of sp³-hybridized carbons (Fsp3) is 0. The van der Waals surface area contributed by atoms with E-state index in [-0.39, 0.29) is 5.82 Å². The zero-order valence-electron chi connectivity index (χ0n) is 7.87. The van der Waals surface area contributed by atoms with Gasteiger partial charge in [-0.1, -0.05) is 29.3 Å². The summed E-state index contributed by atoms with van der Waals surface area (Å²) in [6.07, 6.45) is 1.43. The van der Waals surface area contributed by atoms with E-state index in [1.807, 2.05) is 0 Å². The molecule has 2 rings (SSSR count). The van der Waals surface area contributed by atoms with Gasteiger partial charge in [-0.25, -0.2) is 9.78 Å². The Balaban J connectivity index is 2.42. The first kappa shape index (κ1) is 11.0. The molecule has 0 unspecified atom stereocenters. The topological polar surface area (TPSA) is 66.0 Å². The first-order valence-electron chi connectivity index (χ1n) is 4.31. The molecule has 1 aromatic carbocycles. The van der Waals surface area contributed by atoms with Crippen molar-refractivity contribution in [2.24, 2.45) is 0 Å². The van der Waals surface area contributed by atoms with Gasteiger partial charge in [0.1, 0.15) is 0 Å². The number of hydrogen-bond acceptors (Lipinski definition) is 2. The summed E-state index contributed by atoms with van der Waals surface area (Å²) < 4.78 is 0. The highest BCUT2D eigenvalue weighted by Gasteiger charge is 2.09. The molecule has 82 valence electrons. The first-order chi connectivity index (χ1) is 7.58. The Kier molecular flexibility index (Phi) is 2.85. The largest absolute Gasteiger partial charge is 0.475 e. The summed E-state index contributed by atoms with van der Waals surface area (Å²) in [7, 11) is 0. The number of carbonyl (C=O) groups is 1. The average molecular weight is 257 g/mol. The minimum atomic E-state index is -1.11. The number of H-pyrrole nitrogens is 1. The standard InChI is InChI=1S/C10H6Cl2N2O2/c11-6-2-1-5(3-7(6)12)8-4-13-9(14-8)10(15)16/h1-4H,(H,13,14)(H,15,16). The molecule has 0 saturated heterocycles.